The summed E-state index contributed by atoms with van der Waals surface area (Å²) in [5.74, 6) is -0.815. The van der Waals surface area contributed by atoms with E-state index in [4.69, 9.17) is 14.2 Å². The Balaban J connectivity index is 2.00. The number of rotatable bonds is 8. The summed E-state index contributed by atoms with van der Waals surface area (Å²) < 4.78 is 42.4. The van der Waals surface area contributed by atoms with Crippen molar-refractivity contribution in [3.05, 3.63) is 24.3 Å². The largest absolute Gasteiger partial charge is 0.497 e. The van der Waals surface area contributed by atoms with Gasteiger partial charge in [0, 0.05) is 6.61 Å². The third-order valence-corrected chi connectivity index (χ3v) is 5.04. The molecule has 0 spiro atoms. The molecule has 0 radical (unpaired) electrons. The van der Waals surface area contributed by atoms with Gasteiger partial charge < -0.3 is 19.3 Å². The molecule has 2 rings (SSSR count). The molecule has 2 atom stereocenters. The smallest absolute Gasteiger partial charge is 0.324 e. The molecule has 0 saturated carbocycles. The lowest BCUT2D eigenvalue weighted by molar-refractivity contribution is -0.170. The molecule has 9 heteroatoms. The van der Waals surface area contributed by atoms with Crippen molar-refractivity contribution in [2.75, 3.05) is 20.3 Å². The molecular weight excluding hydrogens is 338 g/mol. The average molecular weight is 359 g/mol. The summed E-state index contributed by atoms with van der Waals surface area (Å²) in [6.45, 7) is 0.245. The molecule has 1 aliphatic heterocycles. The normalized spacial score (nSPS) is 19.6. The van der Waals surface area contributed by atoms with Gasteiger partial charge in [-0.15, -0.1) is 0 Å². The minimum Gasteiger partial charge on any atom is -0.497 e. The first kappa shape index (κ1) is 18.7. The Morgan fingerprint density at radius 1 is 1.38 bits per heavy atom. The second kappa shape index (κ2) is 8.43. The van der Waals surface area contributed by atoms with E-state index in [9.17, 15) is 18.3 Å². The summed E-state index contributed by atoms with van der Waals surface area (Å²) in [5, 5.41) is 9.23. The van der Waals surface area contributed by atoms with Crippen LogP contribution in [0.4, 0.5) is 0 Å². The Labute approximate surface area is 140 Å². The molecule has 1 unspecified atom stereocenters. The van der Waals surface area contributed by atoms with E-state index in [1.807, 2.05) is 0 Å². The first-order valence-electron chi connectivity index (χ1n) is 7.55. The van der Waals surface area contributed by atoms with Crippen molar-refractivity contribution in [2.24, 2.45) is 0 Å². The van der Waals surface area contributed by atoms with E-state index >= 15 is 0 Å². The lowest BCUT2D eigenvalue weighted by Crippen LogP contribution is -2.45. The van der Waals surface area contributed by atoms with Gasteiger partial charge in [0.05, 0.1) is 18.6 Å². The highest BCUT2D eigenvalue weighted by atomic mass is 32.2. The van der Waals surface area contributed by atoms with Gasteiger partial charge in [-0.1, -0.05) is 0 Å². The van der Waals surface area contributed by atoms with Crippen molar-refractivity contribution >= 4 is 16.0 Å². The zero-order valence-corrected chi connectivity index (χ0v) is 14.1. The number of nitrogens with one attached hydrogen (secondary N) is 1. The topological polar surface area (TPSA) is 111 Å². The van der Waals surface area contributed by atoms with Crippen molar-refractivity contribution in [1.29, 1.82) is 0 Å². The summed E-state index contributed by atoms with van der Waals surface area (Å²) in [6.07, 6.45) is 2.04. The minimum absolute atomic E-state index is 0.0523. The average Bonchev–Trinajstić information content (AvgIpc) is 2.59. The zero-order chi connectivity index (χ0) is 17.6. The third-order valence-electron chi connectivity index (χ3n) is 3.55. The van der Waals surface area contributed by atoms with Gasteiger partial charge in [0.25, 0.3) is 0 Å². The zero-order valence-electron chi connectivity index (χ0n) is 13.3. The number of hydrogen-bond acceptors (Lipinski definition) is 6. The maximum Gasteiger partial charge on any atom is 0.324 e. The number of sulfonamides is 1. The summed E-state index contributed by atoms with van der Waals surface area (Å²) in [4.78, 5) is 11.3. The van der Waals surface area contributed by atoms with Crippen LogP contribution in [0.5, 0.6) is 5.75 Å². The van der Waals surface area contributed by atoms with Crippen molar-refractivity contribution in [2.45, 2.75) is 36.5 Å². The highest BCUT2D eigenvalue weighted by molar-refractivity contribution is 7.89. The van der Waals surface area contributed by atoms with Crippen LogP contribution < -0.4 is 9.46 Å². The van der Waals surface area contributed by atoms with Crippen LogP contribution in [0, 0.1) is 0 Å². The number of methoxy groups -OCH3 is 1. The molecule has 24 heavy (non-hydrogen) atoms. The van der Waals surface area contributed by atoms with E-state index in [-0.39, 0.29) is 11.5 Å². The molecule has 2 N–H and O–H groups in total. The van der Waals surface area contributed by atoms with Gasteiger partial charge in [-0.05, 0) is 43.5 Å². The van der Waals surface area contributed by atoms with Crippen LogP contribution in [-0.2, 0) is 24.3 Å². The molecule has 0 aromatic heterocycles. The number of carbonyl (C=O) groups is 1. The fraction of sp³-hybridized carbons (Fsp3) is 0.533. The van der Waals surface area contributed by atoms with Gasteiger partial charge in [-0.3, -0.25) is 4.79 Å². The number of carboxylic acids is 1. The quantitative estimate of drug-likeness (QED) is 0.711. The summed E-state index contributed by atoms with van der Waals surface area (Å²) in [7, 11) is -2.52. The first-order chi connectivity index (χ1) is 11.4. The van der Waals surface area contributed by atoms with Crippen molar-refractivity contribution in [3.63, 3.8) is 0 Å². The molecular formula is C15H21NO7S. The van der Waals surface area contributed by atoms with Gasteiger partial charge in [0.15, 0.2) is 6.29 Å². The van der Waals surface area contributed by atoms with Crippen LogP contribution in [0.25, 0.3) is 0 Å². The van der Waals surface area contributed by atoms with Gasteiger partial charge in [0.2, 0.25) is 10.0 Å². The maximum atomic E-state index is 12.3. The van der Waals surface area contributed by atoms with E-state index in [1.54, 1.807) is 0 Å². The molecule has 1 aromatic carbocycles. The third kappa shape index (κ3) is 5.17. The monoisotopic (exact) mass is 359 g/mol. The predicted octanol–water partition coefficient (Wildman–Crippen LogP) is 0.970. The second-order valence-corrected chi connectivity index (χ2v) is 7.03. The van der Waals surface area contributed by atoms with Gasteiger partial charge in [-0.2, -0.15) is 4.72 Å². The molecule has 1 heterocycles. The van der Waals surface area contributed by atoms with E-state index in [1.165, 1.54) is 31.4 Å². The van der Waals surface area contributed by atoms with Gasteiger partial charge in [0.1, 0.15) is 11.8 Å². The number of ether oxygens (including phenoxy) is 3. The molecule has 8 nitrogen and oxygen atoms in total. The van der Waals surface area contributed by atoms with E-state index in [0.29, 0.717) is 18.8 Å². The fourth-order valence-corrected chi connectivity index (χ4v) is 3.39. The summed E-state index contributed by atoms with van der Waals surface area (Å²) in [5.41, 5.74) is 0. The Morgan fingerprint density at radius 2 is 2.08 bits per heavy atom. The minimum atomic E-state index is -3.99. The van der Waals surface area contributed by atoms with Crippen LogP contribution in [0.15, 0.2) is 29.2 Å². The number of hydrogen-bond donors (Lipinski definition) is 2. The van der Waals surface area contributed by atoms with Crippen LogP contribution in [-0.4, -0.2) is 52.1 Å². The molecule has 1 aliphatic rings. The standard InChI is InChI=1S/C15H21NO7S/c1-21-11-5-7-12(8-6-11)24(19,20)16-13(15(17)18)10-23-14-4-2-3-9-22-14/h5-8,13-14,16H,2-4,9-10H2,1H3,(H,17,18)/t13-,14?/m0/s1. The number of carboxylic acid groups (broad SMARTS) is 1. The predicted molar refractivity (Wildman–Crippen MR) is 84.3 cm³/mol. The highest BCUT2D eigenvalue weighted by Gasteiger charge is 2.27. The summed E-state index contributed by atoms with van der Waals surface area (Å²) in [6, 6.07) is 4.24. The molecule has 0 aliphatic carbocycles. The van der Waals surface area contributed by atoms with E-state index in [0.717, 1.165) is 12.8 Å². The van der Waals surface area contributed by atoms with Gasteiger partial charge >= 0.3 is 5.97 Å². The Kier molecular flexibility index (Phi) is 6.55. The maximum absolute atomic E-state index is 12.3. The highest BCUT2D eigenvalue weighted by Crippen LogP contribution is 2.17. The van der Waals surface area contributed by atoms with Crippen molar-refractivity contribution < 1.29 is 32.5 Å². The molecule has 1 saturated heterocycles. The SMILES string of the molecule is COc1ccc(S(=O)(=O)N[C@@H](COC2CCCCO2)C(=O)O)cc1. The van der Waals surface area contributed by atoms with E-state index < -0.39 is 28.3 Å². The first-order valence-corrected chi connectivity index (χ1v) is 9.03. The van der Waals surface area contributed by atoms with Crippen molar-refractivity contribution in [3.8, 4) is 5.75 Å². The molecule has 0 amide bonds. The van der Waals surface area contributed by atoms with Gasteiger partial charge in [-0.25, -0.2) is 8.42 Å². The number of aliphatic carboxylic acids is 1. The lowest BCUT2D eigenvalue weighted by Gasteiger charge is -2.24. The van der Waals surface area contributed by atoms with Crippen LogP contribution in [0.3, 0.4) is 0 Å². The Morgan fingerprint density at radius 3 is 2.62 bits per heavy atom. The van der Waals surface area contributed by atoms with E-state index in [2.05, 4.69) is 4.72 Å². The summed E-state index contributed by atoms with van der Waals surface area (Å²) >= 11 is 0. The Bertz CT molecular complexity index is 638. The van der Waals surface area contributed by atoms with Crippen LogP contribution in [0.1, 0.15) is 19.3 Å². The Hall–Kier alpha value is -1.68. The molecule has 1 aromatic rings. The lowest BCUT2D eigenvalue weighted by atomic mass is 10.2. The number of benzene rings is 1. The molecule has 134 valence electrons. The molecule has 1 fully saturated rings. The fourth-order valence-electron chi connectivity index (χ4n) is 2.21. The van der Waals surface area contributed by atoms with Crippen molar-refractivity contribution in [1.82, 2.24) is 4.72 Å². The second-order valence-electron chi connectivity index (χ2n) is 5.32. The van der Waals surface area contributed by atoms with Crippen LogP contribution in [0.2, 0.25) is 0 Å². The molecule has 0 bridgehead atoms. The van der Waals surface area contributed by atoms with Crippen LogP contribution >= 0.6 is 0 Å².